The minimum atomic E-state index is -0.244. The second-order valence-corrected chi connectivity index (χ2v) is 4.87. The van der Waals surface area contributed by atoms with Crippen molar-refractivity contribution in [1.29, 1.82) is 0 Å². The molecular weight excluding hydrogens is 238 g/mol. The van der Waals surface area contributed by atoms with E-state index in [2.05, 4.69) is 31.1 Å². The number of methoxy groups -OCH3 is 1. The molecule has 0 saturated heterocycles. The Hall–Kier alpha value is -1.13. The number of nitrogens with zero attached hydrogens (tertiary/aromatic N) is 1. The summed E-state index contributed by atoms with van der Waals surface area (Å²) in [5.74, 6) is 0. The molecule has 1 rings (SSSR count). The summed E-state index contributed by atoms with van der Waals surface area (Å²) in [7, 11) is 1.78. The number of nitrogens with one attached hydrogen (secondary N) is 1. The minimum Gasteiger partial charge on any atom is -0.398 e. The second-order valence-electron chi connectivity index (χ2n) is 4.87. The molecule has 0 saturated carbocycles. The van der Waals surface area contributed by atoms with Crippen LogP contribution in [0.5, 0.6) is 0 Å². The zero-order valence-electron chi connectivity index (χ0n) is 12.6. The number of hydrogen-bond acceptors (Lipinski definition) is 4. The first-order chi connectivity index (χ1) is 9.15. The molecule has 1 aromatic heterocycles. The third kappa shape index (κ3) is 3.45. The van der Waals surface area contributed by atoms with Crippen LogP contribution in [0.1, 0.15) is 51.6 Å². The molecule has 0 fully saturated rings. The van der Waals surface area contributed by atoms with Crippen molar-refractivity contribution in [2.75, 3.05) is 19.4 Å². The zero-order chi connectivity index (χ0) is 14.3. The molecule has 1 unspecified atom stereocenters. The van der Waals surface area contributed by atoms with Crippen molar-refractivity contribution in [3.63, 3.8) is 0 Å². The largest absolute Gasteiger partial charge is 0.398 e. The predicted molar refractivity (Wildman–Crippen MR) is 80.0 cm³/mol. The van der Waals surface area contributed by atoms with Crippen LogP contribution in [0, 0.1) is 0 Å². The van der Waals surface area contributed by atoms with Gasteiger partial charge in [-0.15, -0.1) is 0 Å². The summed E-state index contributed by atoms with van der Waals surface area (Å²) in [5, 5.41) is 3.58. The average Bonchev–Trinajstić information content (AvgIpc) is 2.45. The lowest BCUT2D eigenvalue weighted by Gasteiger charge is -2.39. The highest BCUT2D eigenvalue weighted by atomic mass is 16.5. The molecule has 4 heteroatoms. The van der Waals surface area contributed by atoms with Crippen molar-refractivity contribution in [2.24, 2.45) is 0 Å². The van der Waals surface area contributed by atoms with Crippen LogP contribution in [0.3, 0.4) is 0 Å². The fourth-order valence-corrected chi connectivity index (χ4v) is 2.59. The molecule has 0 aliphatic heterocycles. The molecule has 0 aliphatic rings. The van der Waals surface area contributed by atoms with Gasteiger partial charge in [-0.05, 0) is 31.9 Å². The zero-order valence-corrected chi connectivity index (χ0v) is 12.6. The van der Waals surface area contributed by atoms with Crippen LogP contribution in [0.4, 0.5) is 5.69 Å². The number of aromatic nitrogens is 1. The summed E-state index contributed by atoms with van der Waals surface area (Å²) >= 11 is 0. The average molecular weight is 265 g/mol. The topological polar surface area (TPSA) is 60.2 Å². The maximum Gasteiger partial charge on any atom is 0.0868 e. The van der Waals surface area contributed by atoms with Crippen LogP contribution in [-0.2, 0) is 4.74 Å². The first-order valence-corrected chi connectivity index (χ1v) is 7.13. The molecule has 0 aromatic carbocycles. The third-order valence-electron chi connectivity index (χ3n) is 3.93. The summed E-state index contributed by atoms with van der Waals surface area (Å²) in [6.07, 6.45) is 6.50. The second kappa shape index (κ2) is 7.46. The molecule has 1 atom stereocenters. The van der Waals surface area contributed by atoms with Crippen molar-refractivity contribution in [3.8, 4) is 0 Å². The third-order valence-corrected chi connectivity index (χ3v) is 3.93. The molecule has 19 heavy (non-hydrogen) atoms. The molecule has 0 spiro atoms. The van der Waals surface area contributed by atoms with Gasteiger partial charge in [0.2, 0.25) is 0 Å². The quantitative estimate of drug-likeness (QED) is 0.758. The molecule has 0 aliphatic carbocycles. The van der Waals surface area contributed by atoms with Crippen LogP contribution in [-0.4, -0.2) is 24.2 Å². The Morgan fingerprint density at radius 2 is 2.05 bits per heavy atom. The number of ether oxygens (including phenoxy) is 1. The highest BCUT2D eigenvalue weighted by Crippen LogP contribution is 2.36. The van der Waals surface area contributed by atoms with Gasteiger partial charge in [0.15, 0.2) is 0 Å². The van der Waals surface area contributed by atoms with Gasteiger partial charge in [-0.25, -0.2) is 0 Å². The fraction of sp³-hybridized carbons (Fsp3) is 0.667. The van der Waals surface area contributed by atoms with Crippen LogP contribution in [0.15, 0.2) is 18.5 Å². The first kappa shape index (κ1) is 15.9. The van der Waals surface area contributed by atoms with E-state index >= 15 is 0 Å². The van der Waals surface area contributed by atoms with Crippen molar-refractivity contribution in [1.82, 2.24) is 10.3 Å². The number of pyridine rings is 1. The smallest absolute Gasteiger partial charge is 0.0868 e. The van der Waals surface area contributed by atoms with Gasteiger partial charge in [-0.2, -0.15) is 0 Å². The SMILES string of the molecule is CCCNC(c1cnccc1N)C(CC)(CC)OC. The van der Waals surface area contributed by atoms with Gasteiger partial charge in [0, 0.05) is 30.8 Å². The van der Waals surface area contributed by atoms with Crippen LogP contribution < -0.4 is 11.1 Å². The van der Waals surface area contributed by atoms with E-state index in [-0.39, 0.29) is 11.6 Å². The summed E-state index contributed by atoms with van der Waals surface area (Å²) < 4.78 is 5.86. The number of nitrogens with two attached hydrogens (primary N) is 1. The Balaban J connectivity index is 3.17. The van der Waals surface area contributed by atoms with E-state index in [1.807, 2.05) is 12.3 Å². The Morgan fingerprint density at radius 3 is 2.53 bits per heavy atom. The van der Waals surface area contributed by atoms with Gasteiger partial charge >= 0.3 is 0 Å². The number of nitrogen functional groups attached to an aromatic ring is 1. The van der Waals surface area contributed by atoms with E-state index in [4.69, 9.17) is 10.5 Å². The van der Waals surface area contributed by atoms with Gasteiger partial charge in [0.1, 0.15) is 0 Å². The normalized spacial score (nSPS) is 13.5. The Morgan fingerprint density at radius 1 is 1.37 bits per heavy atom. The van der Waals surface area contributed by atoms with Crippen LogP contribution in [0.2, 0.25) is 0 Å². The van der Waals surface area contributed by atoms with E-state index in [0.29, 0.717) is 0 Å². The number of hydrogen-bond donors (Lipinski definition) is 2. The minimum absolute atomic E-state index is 0.0705. The molecule has 108 valence electrons. The lowest BCUT2D eigenvalue weighted by Crippen LogP contribution is -2.45. The van der Waals surface area contributed by atoms with Crippen LogP contribution >= 0.6 is 0 Å². The molecular formula is C15H27N3O. The predicted octanol–water partition coefficient (Wildman–Crippen LogP) is 2.91. The number of rotatable bonds is 8. The Labute approximate surface area is 116 Å². The van der Waals surface area contributed by atoms with E-state index < -0.39 is 0 Å². The lowest BCUT2D eigenvalue weighted by molar-refractivity contribution is -0.0484. The Bertz CT molecular complexity index is 369. The first-order valence-electron chi connectivity index (χ1n) is 7.13. The molecule has 4 nitrogen and oxygen atoms in total. The van der Waals surface area contributed by atoms with Crippen molar-refractivity contribution < 1.29 is 4.74 Å². The fourth-order valence-electron chi connectivity index (χ4n) is 2.59. The van der Waals surface area contributed by atoms with Gasteiger partial charge in [0.05, 0.1) is 11.6 Å². The summed E-state index contributed by atoms with van der Waals surface area (Å²) in [5.41, 5.74) is 7.67. The Kier molecular flexibility index (Phi) is 6.25. The standard InChI is InChI=1S/C15H27N3O/c1-5-9-18-14(15(6-2,7-3)19-4)12-11-17-10-8-13(12)16/h8,10-11,14,18H,5-7,9H2,1-4H3,(H2,16,17). The summed E-state index contributed by atoms with van der Waals surface area (Å²) in [6.45, 7) is 7.40. The van der Waals surface area contributed by atoms with Gasteiger partial charge in [0.25, 0.3) is 0 Å². The van der Waals surface area contributed by atoms with Crippen molar-refractivity contribution >= 4 is 5.69 Å². The van der Waals surface area contributed by atoms with E-state index in [9.17, 15) is 0 Å². The van der Waals surface area contributed by atoms with Gasteiger partial charge in [-0.1, -0.05) is 20.8 Å². The maximum atomic E-state index is 6.12. The van der Waals surface area contributed by atoms with Gasteiger partial charge < -0.3 is 15.8 Å². The van der Waals surface area contributed by atoms with E-state index in [1.54, 1.807) is 13.3 Å². The maximum absolute atomic E-state index is 6.12. The summed E-state index contributed by atoms with van der Waals surface area (Å²) in [4.78, 5) is 4.22. The highest BCUT2D eigenvalue weighted by molar-refractivity contribution is 5.47. The van der Waals surface area contributed by atoms with Crippen molar-refractivity contribution in [3.05, 3.63) is 24.0 Å². The molecule has 1 heterocycles. The van der Waals surface area contributed by atoms with Crippen molar-refractivity contribution in [2.45, 2.75) is 51.7 Å². The number of anilines is 1. The molecule has 0 radical (unpaired) electrons. The monoisotopic (exact) mass is 265 g/mol. The van der Waals surface area contributed by atoms with E-state index in [1.165, 1.54) is 0 Å². The highest BCUT2D eigenvalue weighted by Gasteiger charge is 2.37. The van der Waals surface area contributed by atoms with Gasteiger partial charge in [-0.3, -0.25) is 4.98 Å². The van der Waals surface area contributed by atoms with Crippen LogP contribution in [0.25, 0.3) is 0 Å². The van der Waals surface area contributed by atoms with E-state index in [0.717, 1.165) is 37.1 Å². The molecule has 0 amide bonds. The summed E-state index contributed by atoms with van der Waals surface area (Å²) in [6, 6.07) is 1.92. The molecule has 1 aromatic rings. The molecule has 0 bridgehead atoms. The molecule has 3 N–H and O–H groups in total. The lowest BCUT2D eigenvalue weighted by atomic mass is 9.83.